The summed E-state index contributed by atoms with van der Waals surface area (Å²) in [6.45, 7) is 4.49. The van der Waals surface area contributed by atoms with E-state index in [1.165, 1.54) is 11.8 Å². The van der Waals surface area contributed by atoms with Crippen LogP contribution in [0, 0.1) is 0 Å². The summed E-state index contributed by atoms with van der Waals surface area (Å²) in [5.74, 6) is 0.907. The van der Waals surface area contributed by atoms with Gasteiger partial charge in [-0.2, -0.15) is 0 Å². The normalized spacial score (nSPS) is 21.7. The van der Waals surface area contributed by atoms with Gasteiger partial charge in [-0.15, -0.1) is 10.2 Å². The Morgan fingerprint density at radius 1 is 1.50 bits per heavy atom. The van der Waals surface area contributed by atoms with E-state index in [0.29, 0.717) is 23.9 Å². The summed E-state index contributed by atoms with van der Waals surface area (Å²) >= 11 is 1.34. The third kappa shape index (κ3) is 4.01. The lowest BCUT2D eigenvalue weighted by molar-refractivity contribution is -0.120. The molecule has 1 aromatic rings. The van der Waals surface area contributed by atoms with Crippen molar-refractivity contribution in [2.24, 2.45) is 7.05 Å². The van der Waals surface area contributed by atoms with Crippen LogP contribution >= 0.6 is 11.8 Å². The predicted octanol–water partition coefficient (Wildman–Crippen LogP) is 0.724. The SMILES string of the molecule is CCCNC(=O)[C@H](C)Sc1nnc([C@@H]2CCS(=O)(=O)C2)n1C. The van der Waals surface area contributed by atoms with E-state index in [2.05, 4.69) is 15.5 Å². The Hall–Kier alpha value is -1.09. The van der Waals surface area contributed by atoms with Gasteiger partial charge in [0.2, 0.25) is 5.91 Å². The van der Waals surface area contributed by atoms with Crippen molar-refractivity contribution in [1.29, 1.82) is 0 Å². The lowest BCUT2D eigenvalue weighted by Crippen LogP contribution is -2.31. The number of rotatable bonds is 6. The minimum Gasteiger partial charge on any atom is -0.355 e. The van der Waals surface area contributed by atoms with Gasteiger partial charge in [0.05, 0.1) is 16.8 Å². The van der Waals surface area contributed by atoms with Crippen molar-refractivity contribution < 1.29 is 13.2 Å². The van der Waals surface area contributed by atoms with Crippen LogP contribution in [0.15, 0.2) is 5.16 Å². The summed E-state index contributed by atoms with van der Waals surface area (Å²) in [4.78, 5) is 11.9. The van der Waals surface area contributed by atoms with Gasteiger partial charge in [0.15, 0.2) is 15.0 Å². The molecule has 1 amide bonds. The molecule has 0 aromatic carbocycles. The second kappa shape index (κ2) is 6.99. The maximum atomic E-state index is 11.9. The van der Waals surface area contributed by atoms with Crippen molar-refractivity contribution in [2.45, 2.75) is 43.0 Å². The van der Waals surface area contributed by atoms with E-state index < -0.39 is 9.84 Å². The largest absolute Gasteiger partial charge is 0.355 e. The van der Waals surface area contributed by atoms with Crippen molar-refractivity contribution in [2.75, 3.05) is 18.1 Å². The molecular weight excluding hydrogens is 324 g/mol. The number of nitrogens with one attached hydrogen (secondary N) is 1. The molecule has 0 spiro atoms. The Labute approximate surface area is 135 Å². The van der Waals surface area contributed by atoms with Gasteiger partial charge >= 0.3 is 0 Å². The van der Waals surface area contributed by atoms with E-state index in [9.17, 15) is 13.2 Å². The molecule has 2 atom stereocenters. The number of carbonyl (C=O) groups is 1. The number of nitrogens with zero attached hydrogens (tertiary/aromatic N) is 3. The van der Waals surface area contributed by atoms with Gasteiger partial charge in [0, 0.05) is 19.5 Å². The predicted molar refractivity (Wildman–Crippen MR) is 85.6 cm³/mol. The maximum Gasteiger partial charge on any atom is 0.233 e. The molecule has 1 aliphatic heterocycles. The summed E-state index contributed by atoms with van der Waals surface area (Å²) in [7, 11) is -1.13. The minimum atomic E-state index is -2.95. The third-order valence-corrected chi connectivity index (χ3v) is 6.57. The number of hydrogen-bond acceptors (Lipinski definition) is 6. The molecule has 2 heterocycles. The molecule has 1 saturated heterocycles. The molecule has 0 saturated carbocycles. The van der Waals surface area contributed by atoms with E-state index in [-0.39, 0.29) is 28.6 Å². The molecule has 0 bridgehead atoms. The van der Waals surface area contributed by atoms with Gasteiger partial charge in [-0.1, -0.05) is 18.7 Å². The van der Waals surface area contributed by atoms with E-state index in [1.54, 1.807) is 4.57 Å². The second-order valence-corrected chi connectivity index (χ2v) is 9.09. The summed E-state index contributed by atoms with van der Waals surface area (Å²) in [6.07, 6.45) is 1.49. The summed E-state index contributed by atoms with van der Waals surface area (Å²) < 4.78 is 25.0. The van der Waals surface area contributed by atoms with Crippen molar-refractivity contribution >= 4 is 27.5 Å². The van der Waals surface area contributed by atoms with Crippen molar-refractivity contribution in [3.05, 3.63) is 5.82 Å². The highest BCUT2D eigenvalue weighted by molar-refractivity contribution is 8.00. The van der Waals surface area contributed by atoms with Crippen molar-refractivity contribution in [1.82, 2.24) is 20.1 Å². The van der Waals surface area contributed by atoms with Crippen molar-refractivity contribution in [3.8, 4) is 0 Å². The zero-order valence-electron chi connectivity index (χ0n) is 13.1. The molecular formula is C13H22N4O3S2. The standard InChI is InChI=1S/C13H22N4O3S2/c1-4-6-14-12(18)9(2)21-13-16-15-11(17(13)3)10-5-7-22(19,20)8-10/h9-10H,4-8H2,1-3H3,(H,14,18)/t9-,10+/m0/s1. The summed E-state index contributed by atoms with van der Waals surface area (Å²) in [6, 6.07) is 0. The van der Waals surface area contributed by atoms with Crippen molar-refractivity contribution in [3.63, 3.8) is 0 Å². The van der Waals surface area contributed by atoms with Gasteiger partial charge in [0.25, 0.3) is 0 Å². The fraction of sp³-hybridized carbons (Fsp3) is 0.769. The number of carbonyl (C=O) groups excluding carboxylic acids is 1. The van der Waals surface area contributed by atoms with Crippen LogP contribution in [0.4, 0.5) is 0 Å². The third-order valence-electron chi connectivity index (χ3n) is 3.67. The van der Waals surface area contributed by atoms with E-state index in [0.717, 1.165) is 6.42 Å². The average molecular weight is 346 g/mol. The van der Waals surface area contributed by atoms with Crippen LogP contribution in [0.2, 0.25) is 0 Å². The highest BCUT2D eigenvalue weighted by atomic mass is 32.2. The van der Waals surface area contributed by atoms with Crippen LogP contribution in [0.3, 0.4) is 0 Å². The minimum absolute atomic E-state index is 0.0279. The molecule has 0 radical (unpaired) electrons. The Morgan fingerprint density at radius 2 is 2.23 bits per heavy atom. The van der Waals surface area contributed by atoms with Crippen LogP contribution in [-0.2, 0) is 21.7 Å². The quantitative estimate of drug-likeness (QED) is 0.763. The Bertz CT molecular complexity index is 642. The molecule has 1 aliphatic rings. The van der Waals surface area contributed by atoms with Gasteiger partial charge < -0.3 is 9.88 Å². The zero-order chi connectivity index (χ0) is 16.3. The van der Waals surface area contributed by atoms with Crippen LogP contribution < -0.4 is 5.32 Å². The van der Waals surface area contributed by atoms with Crippen LogP contribution in [0.1, 0.15) is 38.4 Å². The van der Waals surface area contributed by atoms with Gasteiger partial charge in [-0.3, -0.25) is 4.79 Å². The van der Waals surface area contributed by atoms with Crippen LogP contribution in [-0.4, -0.2) is 52.4 Å². The molecule has 7 nitrogen and oxygen atoms in total. The molecule has 2 rings (SSSR count). The van der Waals surface area contributed by atoms with Gasteiger partial charge in [0.1, 0.15) is 5.82 Å². The van der Waals surface area contributed by atoms with Crippen LogP contribution in [0.25, 0.3) is 0 Å². The highest BCUT2D eigenvalue weighted by Gasteiger charge is 2.33. The first-order chi connectivity index (χ1) is 10.3. The number of aromatic nitrogens is 3. The molecule has 1 aromatic heterocycles. The topological polar surface area (TPSA) is 94.0 Å². The first-order valence-electron chi connectivity index (χ1n) is 7.38. The molecule has 1 fully saturated rings. The van der Waals surface area contributed by atoms with E-state index in [1.807, 2.05) is 20.9 Å². The molecule has 124 valence electrons. The first-order valence-corrected chi connectivity index (χ1v) is 10.1. The Kier molecular flexibility index (Phi) is 5.49. The van der Waals surface area contributed by atoms with Gasteiger partial charge in [-0.05, 0) is 19.8 Å². The second-order valence-electron chi connectivity index (χ2n) is 5.55. The number of sulfone groups is 1. The van der Waals surface area contributed by atoms with E-state index >= 15 is 0 Å². The zero-order valence-corrected chi connectivity index (χ0v) is 14.7. The molecule has 9 heteroatoms. The number of amides is 1. The number of hydrogen-bond donors (Lipinski definition) is 1. The van der Waals surface area contributed by atoms with E-state index in [4.69, 9.17) is 0 Å². The lowest BCUT2D eigenvalue weighted by Gasteiger charge is -2.12. The number of thioether (sulfide) groups is 1. The first kappa shape index (κ1) is 17.3. The highest BCUT2D eigenvalue weighted by Crippen LogP contribution is 2.30. The Balaban J connectivity index is 2.04. The fourth-order valence-corrected chi connectivity index (χ4v) is 4.97. The lowest BCUT2D eigenvalue weighted by atomic mass is 10.1. The smallest absolute Gasteiger partial charge is 0.233 e. The molecule has 1 N–H and O–H groups in total. The molecule has 0 aliphatic carbocycles. The maximum absolute atomic E-state index is 11.9. The average Bonchev–Trinajstić information content (AvgIpc) is 2.99. The molecule has 22 heavy (non-hydrogen) atoms. The fourth-order valence-electron chi connectivity index (χ4n) is 2.39. The Morgan fingerprint density at radius 3 is 2.82 bits per heavy atom. The van der Waals surface area contributed by atoms with Crippen LogP contribution in [0.5, 0.6) is 0 Å². The summed E-state index contributed by atoms with van der Waals surface area (Å²) in [5.41, 5.74) is 0. The molecule has 0 unspecified atom stereocenters. The summed E-state index contributed by atoms with van der Waals surface area (Å²) in [5, 5.41) is 11.5. The van der Waals surface area contributed by atoms with Gasteiger partial charge in [-0.25, -0.2) is 8.42 Å². The monoisotopic (exact) mass is 346 g/mol.